The normalized spacial score (nSPS) is 10.7. The van der Waals surface area contributed by atoms with E-state index in [0.717, 1.165) is 15.1 Å². The fourth-order valence-electron chi connectivity index (χ4n) is 2.67. The monoisotopic (exact) mass is 437 g/mol. The minimum absolute atomic E-state index is 0.132. The standard InChI is InChI=1S/C22H16FN3O2S2/c23-15-7-5-14(6-8-15)21(28)24-16-9-11-17(12-10-16)29-13-20(27)26-22-25-18-3-1-2-4-19(18)30-22/h1-12H,13H2,(H,24,28)(H,25,26,27). The molecule has 1 heterocycles. The molecule has 0 saturated heterocycles. The van der Waals surface area contributed by atoms with Crippen molar-refractivity contribution in [1.82, 2.24) is 4.98 Å². The van der Waals surface area contributed by atoms with Crippen molar-refractivity contribution in [3.8, 4) is 0 Å². The van der Waals surface area contributed by atoms with Crippen LogP contribution in [-0.4, -0.2) is 22.6 Å². The lowest BCUT2D eigenvalue weighted by Gasteiger charge is -2.07. The number of hydrogen-bond donors (Lipinski definition) is 2. The number of thiazole rings is 1. The molecule has 4 rings (SSSR count). The maximum absolute atomic E-state index is 13.0. The summed E-state index contributed by atoms with van der Waals surface area (Å²) in [6, 6.07) is 20.2. The van der Waals surface area contributed by atoms with Gasteiger partial charge in [0, 0.05) is 16.1 Å². The van der Waals surface area contributed by atoms with Crippen molar-refractivity contribution < 1.29 is 14.0 Å². The van der Waals surface area contributed by atoms with Crippen LogP contribution in [0.25, 0.3) is 10.2 Å². The molecule has 0 bridgehead atoms. The molecule has 1 aromatic heterocycles. The Morgan fingerprint density at radius 2 is 1.67 bits per heavy atom. The molecule has 0 saturated carbocycles. The molecular weight excluding hydrogens is 421 g/mol. The van der Waals surface area contributed by atoms with Crippen LogP contribution in [0.1, 0.15) is 10.4 Å². The highest BCUT2D eigenvalue weighted by Crippen LogP contribution is 2.26. The van der Waals surface area contributed by atoms with E-state index in [9.17, 15) is 14.0 Å². The Kier molecular flexibility index (Phi) is 6.06. The van der Waals surface area contributed by atoms with E-state index in [1.54, 1.807) is 12.1 Å². The van der Waals surface area contributed by atoms with Gasteiger partial charge in [0.05, 0.1) is 16.0 Å². The number of rotatable bonds is 6. The molecule has 8 heteroatoms. The van der Waals surface area contributed by atoms with Crippen LogP contribution in [0.3, 0.4) is 0 Å². The zero-order valence-electron chi connectivity index (χ0n) is 15.6. The van der Waals surface area contributed by atoms with Gasteiger partial charge in [-0.1, -0.05) is 23.5 Å². The molecular formula is C22H16FN3O2S2. The van der Waals surface area contributed by atoms with Gasteiger partial charge in [-0.15, -0.1) is 11.8 Å². The van der Waals surface area contributed by atoms with Gasteiger partial charge in [0.15, 0.2) is 5.13 Å². The molecule has 0 aliphatic heterocycles. The molecule has 0 atom stereocenters. The molecule has 2 N–H and O–H groups in total. The van der Waals surface area contributed by atoms with Gasteiger partial charge in [-0.05, 0) is 60.7 Å². The SMILES string of the molecule is O=C(CSc1ccc(NC(=O)c2ccc(F)cc2)cc1)Nc1nc2ccccc2s1. The lowest BCUT2D eigenvalue weighted by Crippen LogP contribution is -2.13. The minimum Gasteiger partial charge on any atom is -0.322 e. The summed E-state index contributed by atoms with van der Waals surface area (Å²) in [6.07, 6.45) is 0. The summed E-state index contributed by atoms with van der Waals surface area (Å²) in [6.45, 7) is 0. The summed E-state index contributed by atoms with van der Waals surface area (Å²) < 4.78 is 14.0. The molecule has 0 radical (unpaired) electrons. The maximum atomic E-state index is 13.0. The van der Waals surface area contributed by atoms with Gasteiger partial charge in [-0.3, -0.25) is 9.59 Å². The molecule has 0 aliphatic rings. The predicted octanol–water partition coefficient (Wildman–Crippen LogP) is 5.42. The largest absolute Gasteiger partial charge is 0.322 e. The average Bonchev–Trinajstić information content (AvgIpc) is 3.16. The summed E-state index contributed by atoms with van der Waals surface area (Å²) in [5.41, 5.74) is 1.86. The summed E-state index contributed by atoms with van der Waals surface area (Å²) in [4.78, 5) is 29.7. The second kappa shape index (κ2) is 9.06. The fourth-order valence-corrected chi connectivity index (χ4v) is 4.25. The summed E-state index contributed by atoms with van der Waals surface area (Å²) in [5.74, 6) is -0.588. The highest BCUT2D eigenvalue weighted by atomic mass is 32.2. The van der Waals surface area contributed by atoms with E-state index in [-0.39, 0.29) is 23.4 Å². The van der Waals surface area contributed by atoms with Crippen LogP contribution in [0.15, 0.2) is 77.7 Å². The van der Waals surface area contributed by atoms with Gasteiger partial charge in [-0.2, -0.15) is 0 Å². The van der Waals surface area contributed by atoms with E-state index in [4.69, 9.17) is 0 Å². The van der Waals surface area contributed by atoms with Crippen molar-refractivity contribution >= 4 is 55.9 Å². The summed E-state index contributed by atoms with van der Waals surface area (Å²) in [5, 5.41) is 6.17. The van der Waals surface area contributed by atoms with Crippen LogP contribution >= 0.6 is 23.1 Å². The van der Waals surface area contributed by atoms with Crippen LogP contribution in [0.4, 0.5) is 15.2 Å². The molecule has 3 aromatic carbocycles. The van der Waals surface area contributed by atoms with E-state index in [0.29, 0.717) is 16.4 Å². The van der Waals surface area contributed by atoms with Gasteiger partial charge in [0.25, 0.3) is 5.91 Å². The molecule has 30 heavy (non-hydrogen) atoms. The Balaban J connectivity index is 1.29. The number of para-hydroxylation sites is 1. The van der Waals surface area contributed by atoms with E-state index in [2.05, 4.69) is 15.6 Å². The second-order valence-electron chi connectivity index (χ2n) is 6.31. The molecule has 0 spiro atoms. The van der Waals surface area contributed by atoms with E-state index in [1.165, 1.54) is 47.4 Å². The first-order valence-corrected chi connectivity index (χ1v) is 10.8. The number of fused-ring (bicyclic) bond motifs is 1. The van der Waals surface area contributed by atoms with Crippen LogP contribution in [0.2, 0.25) is 0 Å². The smallest absolute Gasteiger partial charge is 0.255 e. The number of hydrogen-bond acceptors (Lipinski definition) is 5. The van der Waals surface area contributed by atoms with E-state index in [1.807, 2.05) is 36.4 Å². The predicted molar refractivity (Wildman–Crippen MR) is 120 cm³/mol. The Hall–Kier alpha value is -3.23. The number of aromatic nitrogens is 1. The van der Waals surface area contributed by atoms with E-state index >= 15 is 0 Å². The third-order valence-electron chi connectivity index (χ3n) is 4.13. The Bertz CT molecular complexity index is 1160. The maximum Gasteiger partial charge on any atom is 0.255 e. The first-order valence-electron chi connectivity index (χ1n) is 9.02. The van der Waals surface area contributed by atoms with Crippen LogP contribution < -0.4 is 10.6 Å². The van der Waals surface area contributed by atoms with Crippen molar-refractivity contribution in [3.63, 3.8) is 0 Å². The molecule has 2 amide bonds. The van der Waals surface area contributed by atoms with Gasteiger partial charge >= 0.3 is 0 Å². The number of carbonyl (C=O) groups is 2. The Morgan fingerprint density at radius 3 is 2.40 bits per heavy atom. The summed E-state index contributed by atoms with van der Waals surface area (Å²) >= 11 is 2.83. The third-order valence-corrected chi connectivity index (χ3v) is 6.09. The average molecular weight is 438 g/mol. The van der Waals surface area contributed by atoms with Crippen molar-refractivity contribution in [2.75, 3.05) is 16.4 Å². The number of halogens is 1. The Morgan fingerprint density at radius 1 is 0.933 bits per heavy atom. The van der Waals surface area contributed by atoms with Crippen LogP contribution in [0, 0.1) is 5.82 Å². The number of benzene rings is 3. The highest BCUT2D eigenvalue weighted by Gasteiger charge is 2.09. The number of nitrogens with zero attached hydrogens (tertiary/aromatic N) is 1. The first-order chi connectivity index (χ1) is 14.6. The lowest BCUT2D eigenvalue weighted by atomic mass is 10.2. The topological polar surface area (TPSA) is 71.1 Å². The van der Waals surface area contributed by atoms with Crippen molar-refractivity contribution in [3.05, 3.63) is 84.2 Å². The first kappa shape index (κ1) is 20.1. The van der Waals surface area contributed by atoms with Crippen LogP contribution in [-0.2, 0) is 4.79 Å². The zero-order chi connectivity index (χ0) is 20.9. The van der Waals surface area contributed by atoms with Gasteiger partial charge in [0.1, 0.15) is 5.82 Å². The number of amides is 2. The third kappa shape index (κ3) is 5.03. The van der Waals surface area contributed by atoms with Crippen molar-refractivity contribution in [2.45, 2.75) is 4.90 Å². The number of thioether (sulfide) groups is 1. The fraction of sp³-hybridized carbons (Fsp3) is 0.0455. The second-order valence-corrected chi connectivity index (χ2v) is 8.39. The number of anilines is 2. The molecule has 0 aliphatic carbocycles. The quantitative estimate of drug-likeness (QED) is 0.395. The highest BCUT2D eigenvalue weighted by molar-refractivity contribution is 8.00. The van der Waals surface area contributed by atoms with Gasteiger partial charge in [0.2, 0.25) is 5.91 Å². The molecule has 150 valence electrons. The molecule has 4 aromatic rings. The van der Waals surface area contributed by atoms with E-state index < -0.39 is 0 Å². The van der Waals surface area contributed by atoms with Crippen LogP contribution in [0.5, 0.6) is 0 Å². The molecule has 5 nitrogen and oxygen atoms in total. The Labute approximate surface area is 180 Å². The number of carbonyl (C=O) groups excluding carboxylic acids is 2. The van der Waals surface area contributed by atoms with Crippen molar-refractivity contribution in [2.24, 2.45) is 0 Å². The minimum atomic E-state index is -0.389. The molecule has 0 fully saturated rings. The van der Waals surface area contributed by atoms with Gasteiger partial charge < -0.3 is 10.6 Å². The van der Waals surface area contributed by atoms with Crippen molar-refractivity contribution in [1.29, 1.82) is 0 Å². The lowest BCUT2D eigenvalue weighted by molar-refractivity contribution is -0.113. The summed E-state index contributed by atoms with van der Waals surface area (Å²) in [7, 11) is 0. The molecule has 0 unspecified atom stereocenters. The van der Waals surface area contributed by atoms with Gasteiger partial charge in [-0.25, -0.2) is 9.37 Å². The zero-order valence-corrected chi connectivity index (χ0v) is 17.2. The number of nitrogens with one attached hydrogen (secondary N) is 2.